The van der Waals surface area contributed by atoms with Gasteiger partial charge in [0.15, 0.2) is 5.82 Å². The van der Waals surface area contributed by atoms with Crippen LogP contribution in [0.4, 0.5) is 0 Å². The third-order valence-electron chi connectivity index (χ3n) is 10.1. The second-order valence-corrected chi connectivity index (χ2v) is 14.1. The van der Waals surface area contributed by atoms with Crippen molar-refractivity contribution in [3.63, 3.8) is 0 Å². The zero-order valence-corrected chi connectivity index (χ0v) is 27.8. The molecule has 0 amide bonds. The summed E-state index contributed by atoms with van der Waals surface area (Å²) >= 11 is 1.89. The van der Waals surface area contributed by atoms with Crippen molar-refractivity contribution in [3.05, 3.63) is 157 Å². The molecule has 1 aliphatic carbocycles. The minimum absolute atomic E-state index is 0.459. The summed E-state index contributed by atoms with van der Waals surface area (Å²) in [6.45, 7) is 2.36. The first-order chi connectivity index (χ1) is 24.2. The predicted molar refractivity (Wildman–Crippen MR) is 208 cm³/mol. The van der Waals surface area contributed by atoms with Crippen molar-refractivity contribution in [1.82, 2.24) is 14.5 Å². The Balaban J connectivity index is 1.10. The molecule has 0 bridgehead atoms. The molecule has 9 aromatic rings. The van der Waals surface area contributed by atoms with Gasteiger partial charge in [0.05, 0.1) is 16.7 Å². The van der Waals surface area contributed by atoms with Gasteiger partial charge in [-0.05, 0) is 83.6 Å². The topological polar surface area (TPSA) is 30.7 Å². The fourth-order valence-electron chi connectivity index (χ4n) is 7.65. The standard InChI is InChI=1S/C45H31N3S/c1-28-10-9-16-39-43(28)37-27-42-36(34-13-6-8-17-41(34)49-42)26-40(37)48(39)33-24-22-32(23-25-33)45-46-38-15-7-5-14-35(38)44(47-45)31-20-18-30(19-21-31)29-11-3-2-4-12-29/h2-9,11-28H,10H2,1H3. The van der Waals surface area contributed by atoms with Gasteiger partial charge in [0.2, 0.25) is 0 Å². The molecule has 49 heavy (non-hydrogen) atoms. The highest BCUT2D eigenvalue weighted by atomic mass is 32.1. The van der Waals surface area contributed by atoms with Gasteiger partial charge < -0.3 is 4.57 Å². The van der Waals surface area contributed by atoms with Crippen LogP contribution in [0.5, 0.6) is 0 Å². The molecule has 4 heteroatoms. The summed E-state index contributed by atoms with van der Waals surface area (Å²) in [6, 6.07) is 49.9. The van der Waals surface area contributed by atoms with Crippen molar-refractivity contribution < 1.29 is 0 Å². The van der Waals surface area contributed by atoms with Crippen molar-refractivity contribution in [1.29, 1.82) is 0 Å². The SMILES string of the molecule is CC1CC=Cc2c1c1cc3sc4ccccc4c3cc1n2-c1ccc(-c2nc(-c3ccc(-c4ccccc4)cc3)c3ccccc3n2)cc1. The van der Waals surface area contributed by atoms with E-state index in [1.807, 2.05) is 17.4 Å². The molecule has 3 nitrogen and oxygen atoms in total. The van der Waals surface area contributed by atoms with E-state index >= 15 is 0 Å². The lowest BCUT2D eigenvalue weighted by molar-refractivity contribution is 0.773. The summed E-state index contributed by atoms with van der Waals surface area (Å²) in [6.07, 6.45) is 5.70. The van der Waals surface area contributed by atoms with Crippen molar-refractivity contribution in [2.45, 2.75) is 19.3 Å². The number of nitrogens with zero attached hydrogens (tertiary/aromatic N) is 3. The predicted octanol–water partition coefficient (Wildman–Crippen LogP) is 12.5. The molecule has 1 atom stereocenters. The van der Waals surface area contributed by atoms with Crippen molar-refractivity contribution in [2.24, 2.45) is 0 Å². The van der Waals surface area contributed by atoms with E-state index in [1.165, 1.54) is 53.5 Å². The Hall–Kier alpha value is -5.84. The van der Waals surface area contributed by atoms with E-state index in [-0.39, 0.29) is 0 Å². The number of allylic oxidation sites excluding steroid dienone is 1. The minimum Gasteiger partial charge on any atom is -0.310 e. The number of hydrogen-bond donors (Lipinski definition) is 0. The van der Waals surface area contributed by atoms with Crippen LogP contribution in [0, 0.1) is 0 Å². The summed E-state index contributed by atoms with van der Waals surface area (Å²) in [7, 11) is 0. The fraction of sp³-hybridized carbons (Fsp3) is 0.0667. The number of fused-ring (bicyclic) bond motifs is 7. The van der Waals surface area contributed by atoms with E-state index in [9.17, 15) is 0 Å². The molecule has 0 radical (unpaired) electrons. The molecule has 6 aromatic carbocycles. The second-order valence-electron chi connectivity index (χ2n) is 13.0. The fourth-order valence-corrected chi connectivity index (χ4v) is 8.77. The molecule has 3 aromatic heterocycles. The van der Waals surface area contributed by atoms with Crippen LogP contribution in [0.3, 0.4) is 0 Å². The molecule has 0 saturated heterocycles. The van der Waals surface area contributed by atoms with Gasteiger partial charge in [-0.25, -0.2) is 9.97 Å². The molecule has 0 aliphatic heterocycles. The van der Waals surface area contributed by atoms with Crippen LogP contribution in [0.15, 0.2) is 146 Å². The molecule has 1 unspecified atom stereocenters. The van der Waals surface area contributed by atoms with Crippen molar-refractivity contribution in [2.75, 3.05) is 0 Å². The molecular weight excluding hydrogens is 615 g/mol. The smallest absolute Gasteiger partial charge is 0.160 e. The maximum atomic E-state index is 5.20. The number of aromatic nitrogens is 3. The third-order valence-corrected chi connectivity index (χ3v) is 11.2. The van der Waals surface area contributed by atoms with Crippen molar-refractivity contribution in [3.8, 4) is 39.5 Å². The van der Waals surface area contributed by atoms with E-state index in [2.05, 4.69) is 157 Å². The van der Waals surface area contributed by atoms with Crippen molar-refractivity contribution >= 4 is 59.4 Å². The quantitative estimate of drug-likeness (QED) is 0.191. The van der Waals surface area contributed by atoms with Gasteiger partial charge in [0.1, 0.15) is 0 Å². The summed E-state index contributed by atoms with van der Waals surface area (Å²) in [5.74, 6) is 1.19. The Labute approximate surface area is 288 Å². The highest BCUT2D eigenvalue weighted by Crippen LogP contribution is 2.44. The van der Waals surface area contributed by atoms with Gasteiger partial charge >= 0.3 is 0 Å². The summed E-state index contributed by atoms with van der Waals surface area (Å²) in [5.41, 5.74) is 11.5. The van der Waals surface area contributed by atoms with Crippen LogP contribution in [0.2, 0.25) is 0 Å². The van der Waals surface area contributed by atoms with E-state index in [0.717, 1.165) is 45.7 Å². The lowest BCUT2D eigenvalue weighted by Gasteiger charge is -2.17. The summed E-state index contributed by atoms with van der Waals surface area (Å²) in [4.78, 5) is 10.2. The van der Waals surface area contributed by atoms with Gasteiger partial charge in [0, 0.05) is 53.5 Å². The number of hydrogen-bond acceptors (Lipinski definition) is 3. The highest BCUT2D eigenvalue weighted by Gasteiger charge is 2.24. The first-order valence-electron chi connectivity index (χ1n) is 16.9. The summed E-state index contributed by atoms with van der Waals surface area (Å²) < 4.78 is 5.14. The van der Waals surface area contributed by atoms with Crippen LogP contribution in [0.1, 0.15) is 30.5 Å². The maximum absolute atomic E-state index is 5.20. The van der Waals surface area contributed by atoms with E-state index < -0.39 is 0 Å². The monoisotopic (exact) mass is 645 g/mol. The largest absolute Gasteiger partial charge is 0.310 e. The van der Waals surface area contributed by atoms with E-state index in [1.54, 1.807) is 0 Å². The average molecular weight is 646 g/mol. The van der Waals surface area contributed by atoms with Gasteiger partial charge in [-0.15, -0.1) is 11.3 Å². The van der Waals surface area contributed by atoms with Gasteiger partial charge in [-0.3, -0.25) is 0 Å². The minimum atomic E-state index is 0.459. The molecule has 0 saturated carbocycles. The Morgan fingerprint density at radius 3 is 2.12 bits per heavy atom. The van der Waals surface area contributed by atoms with Gasteiger partial charge in [-0.1, -0.05) is 104 Å². The molecular formula is C45H31N3S. The van der Waals surface area contributed by atoms with Crippen LogP contribution in [-0.4, -0.2) is 14.5 Å². The molecule has 3 heterocycles. The van der Waals surface area contributed by atoms with Crippen LogP contribution in [-0.2, 0) is 0 Å². The second kappa shape index (κ2) is 11.1. The number of thiophene rings is 1. The lowest BCUT2D eigenvalue weighted by atomic mass is 9.90. The Kier molecular flexibility index (Phi) is 6.40. The molecule has 10 rings (SSSR count). The van der Waals surface area contributed by atoms with Crippen LogP contribution >= 0.6 is 11.3 Å². The zero-order valence-electron chi connectivity index (χ0n) is 27.0. The molecule has 0 spiro atoms. The Bertz CT molecular complexity index is 2730. The van der Waals surface area contributed by atoms with Crippen LogP contribution in [0.25, 0.3) is 87.5 Å². The van der Waals surface area contributed by atoms with E-state index in [0.29, 0.717) is 5.92 Å². The zero-order chi connectivity index (χ0) is 32.5. The summed E-state index contributed by atoms with van der Waals surface area (Å²) in [5, 5.41) is 5.06. The average Bonchev–Trinajstić information content (AvgIpc) is 3.69. The normalized spacial score (nSPS) is 14.3. The van der Waals surface area contributed by atoms with Gasteiger partial charge in [0.25, 0.3) is 0 Å². The van der Waals surface area contributed by atoms with Gasteiger partial charge in [-0.2, -0.15) is 0 Å². The number of para-hydroxylation sites is 1. The molecule has 0 N–H and O–H groups in total. The maximum Gasteiger partial charge on any atom is 0.160 e. The third kappa shape index (κ3) is 4.56. The Morgan fingerprint density at radius 1 is 0.592 bits per heavy atom. The number of rotatable bonds is 4. The van der Waals surface area contributed by atoms with Crippen LogP contribution < -0.4 is 0 Å². The molecule has 0 fully saturated rings. The van der Waals surface area contributed by atoms with E-state index in [4.69, 9.17) is 9.97 Å². The highest BCUT2D eigenvalue weighted by molar-refractivity contribution is 7.25. The first kappa shape index (κ1) is 28.2. The molecule has 1 aliphatic rings. The first-order valence-corrected chi connectivity index (χ1v) is 17.7. The lowest BCUT2D eigenvalue weighted by Crippen LogP contribution is -2.03. The Morgan fingerprint density at radius 2 is 1.29 bits per heavy atom. The number of benzene rings is 6. The molecule has 232 valence electrons.